The number of rotatable bonds is 11. The Bertz CT molecular complexity index is 822. The van der Waals surface area contributed by atoms with Gasteiger partial charge < -0.3 is 30.4 Å². The number of hydrogen-bond donors (Lipinski definition) is 4. The summed E-state index contributed by atoms with van der Waals surface area (Å²) < 4.78 is 0.358. The fourth-order valence-electron chi connectivity index (χ4n) is 2.65. The highest BCUT2D eigenvalue weighted by atomic mass is 35.5. The molecule has 29 heavy (non-hydrogen) atoms. The van der Waals surface area contributed by atoms with Crippen LogP contribution in [-0.4, -0.2) is 63.3 Å². The maximum Gasteiger partial charge on any atom is 0.355 e. The molecule has 1 amide bonds. The van der Waals surface area contributed by atoms with E-state index in [4.69, 9.17) is 28.0 Å². The van der Waals surface area contributed by atoms with Gasteiger partial charge in [0.15, 0.2) is 5.75 Å². The molecular formula is C18H21Cl2N3O6. The highest BCUT2D eigenvalue weighted by Gasteiger charge is 2.24. The molecule has 0 saturated carbocycles. The van der Waals surface area contributed by atoms with Gasteiger partial charge in [0.2, 0.25) is 12.3 Å². The predicted molar refractivity (Wildman–Crippen MR) is 108 cm³/mol. The molecule has 0 radical (unpaired) electrons. The number of alkyl halides is 2. The maximum atomic E-state index is 12.4. The van der Waals surface area contributed by atoms with Gasteiger partial charge in [-0.2, -0.15) is 0 Å². The van der Waals surface area contributed by atoms with Crippen LogP contribution in [0, 0.1) is 0 Å². The molecule has 0 fully saturated rings. The van der Waals surface area contributed by atoms with Crippen LogP contribution in [0.5, 0.6) is 17.5 Å². The molecule has 1 aromatic heterocycles. The summed E-state index contributed by atoms with van der Waals surface area (Å²) in [6, 6.07) is 6.97. The monoisotopic (exact) mass is 445 g/mol. The number of aromatic hydroxyl groups is 3. The molecule has 0 spiro atoms. The molecule has 0 unspecified atom stereocenters. The number of anilines is 1. The van der Waals surface area contributed by atoms with Gasteiger partial charge in [0.1, 0.15) is 6.04 Å². The topological polar surface area (TPSA) is 124 Å². The molecule has 4 N–H and O–H groups in total. The Morgan fingerprint density at radius 2 is 1.79 bits per heavy atom. The minimum absolute atomic E-state index is 0.0949. The molecule has 1 atom stereocenters. The van der Waals surface area contributed by atoms with Crippen molar-refractivity contribution in [2.24, 2.45) is 0 Å². The minimum atomic E-state index is -1.09. The van der Waals surface area contributed by atoms with E-state index in [0.29, 0.717) is 36.0 Å². The van der Waals surface area contributed by atoms with Crippen LogP contribution >= 0.6 is 23.2 Å². The first kappa shape index (κ1) is 22.5. The van der Waals surface area contributed by atoms with Crippen LogP contribution in [0.15, 0.2) is 30.3 Å². The molecule has 1 heterocycles. The zero-order valence-corrected chi connectivity index (χ0v) is 16.8. The Balaban J connectivity index is 2.11. The number of carbonyl (C=O) groups excluding carboxylic acids is 2. The largest absolute Gasteiger partial charge is 0.503 e. The van der Waals surface area contributed by atoms with Gasteiger partial charge in [-0.15, -0.1) is 27.9 Å². The first-order chi connectivity index (χ1) is 13.9. The molecule has 1 aromatic carbocycles. The van der Waals surface area contributed by atoms with Gasteiger partial charge in [0, 0.05) is 43.0 Å². The number of benzene rings is 1. The van der Waals surface area contributed by atoms with Gasteiger partial charge in [-0.1, -0.05) is 12.1 Å². The number of hydrogen-bond acceptors (Lipinski definition) is 7. The summed E-state index contributed by atoms with van der Waals surface area (Å²) in [5, 5.41) is 30.9. The van der Waals surface area contributed by atoms with Crippen LogP contribution in [0.25, 0.3) is 0 Å². The van der Waals surface area contributed by atoms with E-state index < -0.39 is 29.5 Å². The second-order valence-electron chi connectivity index (χ2n) is 5.99. The fraction of sp³-hybridized carbons (Fsp3) is 0.333. The Morgan fingerprint density at radius 3 is 2.28 bits per heavy atom. The molecule has 0 aliphatic rings. The molecule has 0 aliphatic heterocycles. The number of nitrogens with one attached hydrogen (secondary N) is 1. The molecule has 9 nitrogen and oxygen atoms in total. The van der Waals surface area contributed by atoms with Crippen LogP contribution in [-0.2, 0) is 16.0 Å². The van der Waals surface area contributed by atoms with Crippen molar-refractivity contribution in [3.63, 3.8) is 0 Å². The summed E-state index contributed by atoms with van der Waals surface area (Å²) in [6.45, 7) is 1.26. The highest BCUT2D eigenvalue weighted by molar-refractivity contribution is 6.18. The van der Waals surface area contributed by atoms with E-state index in [-0.39, 0.29) is 6.42 Å². The quantitative estimate of drug-likeness (QED) is 0.302. The van der Waals surface area contributed by atoms with Crippen LogP contribution in [0.2, 0.25) is 0 Å². The van der Waals surface area contributed by atoms with E-state index in [0.717, 1.165) is 17.3 Å². The van der Waals surface area contributed by atoms with Crippen molar-refractivity contribution < 1.29 is 29.7 Å². The lowest BCUT2D eigenvalue weighted by Gasteiger charge is -2.23. The first-order valence-corrected chi connectivity index (χ1v) is 9.68. The standard InChI is InChI=1S/C18H21Cl2N3O6/c19-5-7-22(8-6-20)13-3-1-12(2-4-13)9-14(21-11-24)18(28)29-23-16(26)10-15(25)17(23)27/h1-4,10-11,14,25-27H,5-9H2,(H,21,24)/t14-/m0/s1. The fourth-order valence-corrected chi connectivity index (χ4v) is 3.05. The van der Waals surface area contributed by atoms with E-state index >= 15 is 0 Å². The molecule has 158 valence electrons. The molecule has 0 bridgehead atoms. The van der Waals surface area contributed by atoms with E-state index in [1.54, 1.807) is 12.1 Å². The minimum Gasteiger partial charge on any atom is -0.503 e. The van der Waals surface area contributed by atoms with E-state index in [1.165, 1.54) is 0 Å². The van der Waals surface area contributed by atoms with Gasteiger partial charge in [-0.3, -0.25) is 4.79 Å². The normalized spacial score (nSPS) is 11.7. The molecular weight excluding hydrogens is 425 g/mol. The Morgan fingerprint density at radius 1 is 1.17 bits per heavy atom. The third-order valence-electron chi connectivity index (χ3n) is 4.08. The van der Waals surface area contributed by atoms with Crippen molar-refractivity contribution in [2.45, 2.75) is 12.5 Å². The lowest BCUT2D eigenvalue weighted by atomic mass is 10.1. The van der Waals surface area contributed by atoms with E-state index in [9.17, 15) is 24.9 Å². The second-order valence-corrected chi connectivity index (χ2v) is 6.74. The summed E-state index contributed by atoms with van der Waals surface area (Å²) in [7, 11) is 0. The lowest BCUT2D eigenvalue weighted by Crippen LogP contribution is -2.42. The van der Waals surface area contributed by atoms with Crippen molar-refractivity contribution in [1.82, 2.24) is 10.0 Å². The second kappa shape index (κ2) is 10.7. The molecule has 0 aliphatic carbocycles. The number of halogens is 2. The Hall–Kier alpha value is -2.78. The van der Waals surface area contributed by atoms with Gasteiger partial charge >= 0.3 is 5.97 Å². The number of nitrogens with zero attached hydrogens (tertiary/aromatic N) is 2. The van der Waals surface area contributed by atoms with Crippen molar-refractivity contribution in [3.05, 3.63) is 35.9 Å². The van der Waals surface area contributed by atoms with Crippen LogP contribution in [0.4, 0.5) is 5.69 Å². The van der Waals surface area contributed by atoms with Crippen molar-refractivity contribution in [3.8, 4) is 17.5 Å². The van der Waals surface area contributed by atoms with Crippen molar-refractivity contribution in [1.29, 1.82) is 0 Å². The summed E-state index contributed by atoms with van der Waals surface area (Å²) in [6.07, 6.45) is 0.438. The van der Waals surface area contributed by atoms with Crippen LogP contribution < -0.4 is 15.1 Å². The Kier molecular flexibility index (Phi) is 8.29. The average Bonchev–Trinajstić information content (AvgIpc) is 2.94. The molecule has 2 rings (SSSR count). The predicted octanol–water partition coefficient (Wildman–Crippen LogP) is 1.20. The highest BCUT2D eigenvalue weighted by Crippen LogP contribution is 2.31. The first-order valence-electron chi connectivity index (χ1n) is 8.61. The zero-order chi connectivity index (χ0) is 21.4. The van der Waals surface area contributed by atoms with Crippen molar-refractivity contribution >= 4 is 41.3 Å². The smallest absolute Gasteiger partial charge is 0.355 e. The van der Waals surface area contributed by atoms with Crippen molar-refractivity contribution in [2.75, 3.05) is 29.7 Å². The van der Waals surface area contributed by atoms with E-state index in [2.05, 4.69) is 5.32 Å². The molecule has 0 saturated heterocycles. The number of aromatic nitrogens is 1. The Labute approximate surface area is 177 Å². The maximum absolute atomic E-state index is 12.4. The van der Waals surface area contributed by atoms with Gasteiger partial charge in [0.25, 0.3) is 5.88 Å². The van der Waals surface area contributed by atoms with Crippen LogP contribution in [0.1, 0.15) is 5.56 Å². The summed E-state index contributed by atoms with van der Waals surface area (Å²) in [5.41, 5.74) is 1.64. The summed E-state index contributed by atoms with van der Waals surface area (Å²) >= 11 is 11.6. The SMILES string of the molecule is O=CN[C@@H](Cc1ccc(N(CCCl)CCCl)cc1)C(=O)On1c(O)cc(O)c1O. The third kappa shape index (κ3) is 5.85. The van der Waals surface area contributed by atoms with Crippen LogP contribution in [0.3, 0.4) is 0 Å². The molecule has 2 aromatic rings. The van der Waals surface area contributed by atoms with Gasteiger partial charge in [-0.25, -0.2) is 4.79 Å². The number of carbonyl (C=O) groups is 2. The van der Waals surface area contributed by atoms with Gasteiger partial charge in [-0.05, 0) is 17.7 Å². The summed E-state index contributed by atoms with van der Waals surface area (Å²) in [4.78, 5) is 30.1. The number of amides is 1. The average molecular weight is 446 g/mol. The molecule has 11 heteroatoms. The third-order valence-corrected chi connectivity index (χ3v) is 4.42. The lowest BCUT2D eigenvalue weighted by molar-refractivity contribution is -0.148. The zero-order valence-electron chi connectivity index (χ0n) is 15.3. The van der Waals surface area contributed by atoms with E-state index in [1.807, 2.05) is 17.0 Å². The summed E-state index contributed by atoms with van der Waals surface area (Å²) in [5.74, 6) is -2.24. The van der Waals surface area contributed by atoms with Gasteiger partial charge in [0.05, 0.1) is 0 Å².